The van der Waals surface area contributed by atoms with Gasteiger partial charge in [-0.3, -0.25) is 4.79 Å². The van der Waals surface area contributed by atoms with Crippen molar-refractivity contribution in [3.63, 3.8) is 0 Å². The molecule has 1 fully saturated rings. The summed E-state index contributed by atoms with van der Waals surface area (Å²) < 4.78 is 11.9. The van der Waals surface area contributed by atoms with Crippen LogP contribution < -0.4 is 5.76 Å². The first-order chi connectivity index (χ1) is 11.0. The number of amides is 1. The lowest BCUT2D eigenvalue weighted by Gasteiger charge is -2.36. The third kappa shape index (κ3) is 3.53. The molecule has 3 heterocycles. The number of aryl methyl sites for hydroxylation is 1. The van der Waals surface area contributed by atoms with Gasteiger partial charge in [-0.2, -0.15) is 4.68 Å². The molecule has 0 bridgehead atoms. The Hall–Kier alpha value is -1.93. The molecular weight excluding hydrogens is 318 g/mol. The molecule has 1 amide bonds. The molecule has 1 saturated heterocycles. The van der Waals surface area contributed by atoms with Gasteiger partial charge >= 0.3 is 5.76 Å². The van der Waals surface area contributed by atoms with Crippen LogP contribution in [0.1, 0.15) is 20.3 Å². The summed E-state index contributed by atoms with van der Waals surface area (Å²) in [7, 11) is 0. The molecule has 0 saturated carbocycles. The maximum Gasteiger partial charge on any atom is 0.437 e. The van der Waals surface area contributed by atoms with Gasteiger partial charge in [0.25, 0.3) is 5.89 Å². The minimum atomic E-state index is -0.537. The van der Waals surface area contributed by atoms with E-state index >= 15 is 0 Å². The Balaban J connectivity index is 1.64. The van der Waals surface area contributed by atoms with E-state index in [2.05, 4.69) is 5.10 Å². The monoisotopic (exact) mass is 337 g/mol. The topological polar surface area (TPSA) is 77.6 Å². The van der Waals surface area contributed by atoms with Crippen LogP contribution in [0.3, 0.4) is 0 Å². The van der Waals surface area contributed by atoms with Gasteiger partial charge in [0.2, 0.25) is 5.91 Å². The van der Waals surface area contributed by atoms with Crippen LogP contribution in [0.4, 0.5) is 0 Å². The third-order valence-corrected chi connectivity index (χ3v) is 4.66. The van der Waals surface area contributed by atoms with E-state index in [0.717, 1.165) is 4.88 Å². The Bertz CT molecular complexity index is 721. The van der Waals surface area contributed by atoms with Crippen molar-refractivity contribution in [2.45, 2.75) is 39.0 Å². The molecule has 3 rings (SSSR count). The fourth-order valence-electron chi connectivity index (χ4n) is 2.54. The van der Waals surface area contributed by atoms with E-state index in [0.29, 0.717) is 19.0 Å². The van der Waals surface area contributed by atoms with Crippen molar-refractivity contribution in [1.29, 1.82) is 0 Å². The summed E-state index contributed by atoms with van der Waals surface area (Å²) in [5.41, 5.74) is 0. The molecule has 0 unspecified atom stereocenters. The van der Waals surface area contributed by atoms with E-state index in [4.69, 9.17) is 9.15 Å². The summed E-state index contributed by atoms with van der Waals surface area (Å²) in [5, 5.41) is 6.04. The Morgan fingerprint density at radius 1 is 1.48 bits per heavy atom. The zero-order valence-corrected chi connectivity index (χ0v) is 13.9. The Morgan fingerprint density at radius 3 is 3.04 bits per heavy atom. The molecular formula is C15H19N3O4S. The molecule has 2 aromatic rings. The summed E-state index contributed by atoms with van der Waals surface area (Å²) in [6, 6.07) is 3.75. The SMILES string of the molecule is C[C@@H]1CN(C(=O)CCn2nc(-c3cccs3)oc2=O)[C@@H](C)CO1. The minimum Gasteiger partial charge on any atom is -0.387 e. The normalized spacial score (nSPS) is 21.6. The van der Waals surface area contributed by atoms with Crippen molar-refractivity contribution >= 4 is 17.2 Å². The molecule has 1 aliphatic heterocycles. The summed E-state index contributed by atoms with van der Waals surface area (Å²) in [6.07, 6.45) is 0.253. The van der Waals surface area contributed by atoms with Crippen LogP contribution in [0, 0.1) is 0 Å². The van der Waals surface area contributed by atoms with Gasteiger partial charge in [-0.15, -0.1) is 16.4 Å². The van der Waals surface area contributed by atoms with E-state index in [9.17, 15) is 9.59 Å². The number of carbonyl (C=O) groups is 1. The van der Waals surface area contributed by atoms with Gasteiger partial charge in [-0.05, 0) is 25.3 Å². The van der Waals surface area contributed by atoms with E-state index in [1.165, 1.54) is 16.0 Å². The molecule has 8 heteroatoms. The predicted molar refractivity (Wildman–Crippen MR) is 85.3 cm³/mol. The summed E-state index contributed by atoms with van der Waals surface area (Å²) in [4.78, 5) is 26.8. The fraction of sp³-hybridized carbons (Fsp3) is 0.533. The average molecular weight is 337 g/mol. The highest BCUT2D eigenvalue weighted by Crippen LogP contribution is 2.21. The Kier molecular flexibility index (Phi) is 4.63. The number of ether oxygens (including phenoxy) is 1. The van der Waals surface area contributed by atoms with Gasteiger partial charge < -0.3 is 14.1 Å². The standard InChI is InChI=1S/C15H19N3O4S/c1-10-9-21-11(2)8-17(10)13(19)5-6-18-15(20)22-14(16-18)12-4-3-7-23-12/h3-4,7,10-11H,5-6,8-9H2,1-2H3/t10-,11+/m0/s1. The van der Waals surface area contributed by atoms with E-state index in [1.54, 1.807) is 4.90 Å². The van der Waals surface area contributed by atoms with Gasteiger partial charge in [0, 0.05) is 13.0 Å². The highest BCUT2D eigenvalue weighted by atomic mass is 32.1. The van der Waals surface area contributed by atoms with Crippen LogP contribution >= 0.6 is 11.3 Å². The Labute approximate surface area is 137 Å². The van der Waals surface area contributed by atoms with Crippen molar-refractivity contribution < 1.29 is 13.9 Å². The van der Waals surface area contributed by atoms with Gasteiger partial charge in [-0.25, -0.2) is 4.79 Å². The van der Waals surface area contributed by atoms with Crippen molar-refractivity contribution in [2.24, 2.45) is 0 Å². The van der Waals surface area contributed by atoms with Crippen molar-refractivity contribution in [2.75, 3.05) is 13.2 Å². The molecule has 1 aliphatic rings. The largest absolute Gasteiger partial charge is 0.437 e. The average Bonchev–Trinajstić information content (AvgIpc) is 3.17. The van der Waals surface area contributed by atoms with Crippen molar-refractivity contribution in [3.05, 3.63) is 28.1 Å². The number of thiophene rings is 1. The number of hydrogen-bond acceptors (Lipinski definition) is 6. The van der Waals surface area contributed by atoms with Gasteiger partial charge in [0.15, 0.2) is 0 Å². The number of aromatic nitrogens is 2. The van der Waals surface area contributed by atoms with Gasteiger partial charge in [0.1, 0.15) is 0 Å². The lowest BCUT2D eigenvalue weighted by atomic mass is 10.2. The maximum absolute atomic E-state index is 12.4. The van der Waals surface area contributed by atoms with E-state index in [-0.39, 0.29) is 31.0 Å². The van der Waals surface area contributed by atoms with Crippen molar-refractivity contribution in [3.8, 4) is 10.8 Å². The minimum absolute atomic E-state index is 0.000207. The summed E-state index contributed by atoms with van der Waals surface area (Å²) in [6.45, 7) is 5.24. The molecule has 23 heavy (non-hydrogen) atoms. The number of hydrogen-bond donors (Lipinski definition) is 0. The van der Waals surface area contributed by atoms with Crippen LogP contribution in [0.5, 0.6) is 0 Å². The van der Waals surface area contributed by atoms with Gasteiger partial charge in [-0.1, -0.05) is 6.07 Å². The molecule has 124 valence electrons. The second-order valence-corrected chi connectivity index (χ2v) is 6.61. The zero-order chi connectivity index (χ0) is 16.4. The first kappa shape index (κ1) is 15.9. The quantitative estimate of drug-likeness (QED) is 0.847. The van der Waals surface area contributed by atoms with Crippen LogP contribution in [0.25, 0.3) is 10.8 Å². The first-order valence-electron chi connectivity index (χ1n) is 7.57. The summed E-state index contributed by atoms with van der Waals surface area (Å²) in [5.74, 6) is -0.240. The molecule has 0 aliphatic carbocycles. The highest BCUT2D eigenvalue weighted by molar-refractivity contribution is 7.13. The van der Waals surface area contributed by atoms with Crippen molar-refractivity contribution in [1.82, 2.24) is 14.7 Å². The number of morpholine rings is 1. The lowest BCUT2D eigenvalue weighted by Crippen LogP contribution is -2.50. The fourth-order valence-corrected chi connectivity index (χ4v) is 3.19. The van der Waals surface area contributed by atoms with Crippen LogP contribution in [-0.2, 0) is 16.1 Å². The summed E-state index contributed by atoms with van der Waals surface area (Å²) >= 11 is 1.45. The second-order valence-electron chi connectivity index (χ2n) is 5.66. The second kappa shape index (κ2) is 6.67. The van der Waals surface area contributed by atoms with E-state index in [1.807, 2.05) is 31.4 Å². The highest BCUT2D eigenvalue weighted by Gasteiger charge is 2.27. The van der Waals surface area contributed by atoms with Crippen LogP contribution in [0.15, 0.2) is 26.7 Å². The van der Waals surface area contributed by atoms with Crippen LogP contribution in [0.2, 0.25) is 0 Å². The number of nitrogens with zero attached hydrogens (tertiary/aromatic N) is 3. The number of rotatable bonds is 4. The molecule has 7 nitrogen and oxygen atoms in total. The molecule has 2 aromatic heterocycles. The lowest BCUT2D eigenvalue weighted by molar-refractivity contribution is -0.143. The number of carbonyl (C=O) groups excluding carboxylic acids is 1. The molecule has 0 aromatic carbocycles. The smallest absolute Gasteiger partial charge is 0.387 e. The molecule has 0 radical (unpaired) electrons. The van der Waals surface area contributed by atoms with Gasteiger partial charge in [0.05, 0.1) is 30.2 Å². The maximum atomic E-state index is 12.4. The molecule has 2 atom stereocenters. The molecule has 0 N–H and O–H groups in total. The zero-order valence-electron chi connectivity index (χ0n) is 13.1. The predicted octanol–water partition coefficient (Wildman–Crippen LogP) is 1.59. The Morgan fingerprint density at radius 2 is 2.30 bits per heavy atom. The first-order valence-corrected chi connectivity index (χ1v) is 8.45. The third-order valence-electron chi connectivity index (χ3n) is 3.80. The van der Waals surface area contributed by atoms with Crippen LogP contribution in [-0.4, -0.2) is 45.9 Å². The molecule has 0 spiro atoms. The van der Waals surface area contributed by atoms with E-state index < -0.39 is 5.76 Å².